The highest BCUT2D eigenvalue weighted by molar-refractivity contribution is 7.57. The zero-order valence-electron chi connectivity index (χ0n) is 9.30. The van der Waals surface area contributed by atoms with Gasteiger partial charge in [0.1, 0.15) is 0 Å². The van der Waals surface area contributed by atoms with Gasteiger partial charge in [-0.1, -0.05) is 0 Å². The molecule has 15 heavy (non-hydrogen) atoms. The van der Waals surface area contributed by atoms with Crippen molar-refractivity contribution in [2.24, 2.45) is 0 Å². The molecule has 6 heteroatoms. The van der Waals surface area contributed by atoms with Crippen molar-refractivity contribution in [3.8, 4) is 0 Å². The van der Waals surface area contributed by atoms with Crippen molar-refractivity contribution in [3.05, 3.63) is 0 Å². The Kier molecular flexibility index (Phi) is 2.41. The van der Waals surface area contributed by atoms with Crippen LogP contribution in [-0.4, -0.2) is 78.3 Å². The first-order valence-electron chi connectivity index (χ1n) is 5.76. The van der Waals surface area contributed by atoms with Gasteiger partial charge in [0.15, 0.2) is 0 Å². The molecule has 0 aliphatic carbocycles. The van der Waals surface area contributed by atoms with E-state index in [4.69, 9.17) is 0 Å². The van der Waals surface area contributed by atoms with E-state index in [9.17, 15) is 4.57 Å². The summed E-state index contributed by atoms with van der Waals surface area (Å²) in [6.45, 7) is 7.98. The molecule has 3 fully saturated rings. The summed E-state index contributed by atoms with van der Waals surface area (Å²) < 4.78 is 19.6. The monoisotopic (exact) mass is 230 g/mol. The predicted molar refractivity (Wildman–Crippen MR) is 59.8 cm³/mol. The summed E-state index contributed by atoms with van der Waals surface area (Å²) in [5, 5.41) is 0. The zero-order chi connectivity index (χ0) is 10.5. The number of hydrogen-bond acceptors (Lipinski definition) is 2. The minimum Gasteiger partial charge on any atom is -0.304 e. The SMILES string of the molecule is CN1CCN2CCN3CCN(CC1)P23=O. The lowest BCUT2D eigenvalue weighted by molar-refractivity contribution is 0.245. The Bertz CT molecular complexity index is 286. The summed E-state index contributed by atoms with van der Waals surface area (Å²) >= 11 is 0. The molecule has 0 aromatic rings. The first-order valence-corrected chi connectivity index (χ1v) is 7.32. The maximum atomic E-state index is 13.0. The third kappa shape index (κ3) is 1.41. The summed E-state index contributed by atoms with van der Waals surface area (Å²) in [7, 11) is -0.117. The smallest absolute Gasteiger partial charge is 0.287 e. The van der Waals surface area contributed by atoms with Crippen LogP contribution < -0.4 is 0 Å². The largest absolute Gasteiger partial charge is 0.304 e. The normalized spacial score (nSPS) is 33.9. The van der Waals surface area contributed by atoms with E-state index in [1.165, 1.54) is 0 Å². The molecule has 0 saturated carbocycles. The Morgan fingerprint density at radius 2 is 1.07 bits per heavy atom. The molecule has 0 unspecified atom stereocenters. The lowest BCUT2D eigenvalue weighted by atomic mass is 10.4. The van der Waals surface area contributed by atoms with Crippen LogP contribution in [0.3, 0.4) is 0 Å². The highest BCUT2D eigenvalue weighted by atomic mass is 31.2. The van der Waals surface area contributed by atoms with E-state index in [0.717, 1.165) is 52.4 Å². The van der Waals surface area contributed by atoms with Crippen LogP contribution in [0, 0.1) is 0 Å². The van der Waals surface area contributed by atoms with Gasteiger partial charge in [0, 0.05) is 52.4 Å². The predicted octanol–water partition coefficient (Wildman–Crippen LogP) is -0.0269. The first-order chi connectivity index (χ1) is 7.21. The molecule has 3 saturated heterocycles. The van der Waals surface area contributed by atoms with Gasteiger partial charge in [-0.2, -0.15) is 0 Å². The van der Waals surface area contributed by atoms with Crippen molar-refractivity contribution in [1.82, 2.24) is 18.9 Å². The average molecular weight is 230 g/mol. The fourth-order valence-electron chi connectivity index (χ4n) is 2.80. The molecule has 0 bridgehead atoms. The summed E-state index contributed by atoms with van der Waals surface area (Å²) in [6.07, 6.45) is 0. The zero-order valence-corrected chi connectivity index (χ0v) is 10.2. The first kappa shape index (κ1) is 10.2. The van der Waals surface area contributed by atoms with Gasteiger partial charge in [-0.05, 0) is 7.05 Å². The second-order valence-corrected chi connectivity index (χ2v) is 7.40. The molecular formula is C9H19N4OP. The lowest BCUT2D eigenvalue weighted by Gasteiger charge is -2.35. The molecule has 3 aliphatic rings. The molecule has 86 valence electrons. The fraction of sp³-hybridized carbons (Fsp3) is 1.00. The summed E-state index contributed by atoms with van der Waals surface area (Å²) in [4.78, 5) is 2.34. The molecule has 0 spiro atoms. The summed E-state index contributed by atoms with van der Waals surface area (Å²) in [6, 6.07) is 0. The molecule has 0 aromatic heterocycles. The van der Waals surface area contributed by atoms with Gasteiger partial charge in [0.05, 0.1) is 0 Å². The van der Waals surface area contributed by atoms with Crippen molar-refractivity contribution in [1.29, 1.82) is 0 Å². The Morgan fingerprint density at radius 1 is 0.733 bits per heavy atom. The van der Waals surface area contributed by atoms with Crippen molar-refractivity contribution in [2.45, 2.75) is 0 Å². The van der Waals surface area contributed by atoms with E-state index in [1.807, 2.05) is 0 Å². The Hall–Kier alpha value is 0.0700. The summed E-state index contributed by atoms with van der Waals surface area (Å²) in [5.41, 5.74) is 0. The third-order valence-electron chi connectivity index (χ3n) is 3.82. The van der Waals surface area contributed by atoms with E-state index >= 15 is 0 Å². The third-order valence-corrected chi connectivity index (χ3v) is 7.23. The van der Waals surface area contributed by atoms with Crippen molar-refractivity contribution in [3.63, 3.8) is 0 Å². The Morgan fingerprint density at radius 3 is 1.47 bits per heavy atom. The van der Waals surface area contributed by atoms with Crippen molar-refractivity contribution < 1.29 is 4.57 Å². The summed E-state index contributed by atoms with van der Waals surface area (Å²) in [5.74, 6) is 0. The van der Waals surface area contributed by atoms with E-state index in [1.54, 1.807) is 0 Å². The fourth-order valence-corrected chi connectivity index (χ4v) is 5.97. The van der Waals surface area contributed by atoms with Crippen LogP contribution in [0.15, 0.2) is 0 Å². The molecule has 0 amide bonds. The molecule has 3 rings (SSSR count). The van der Waals surface area contributed by atoms with Crippen LogP contribution in [0.2, 0.25) is 0 Å². The van der Waals surface area contributed by atoms with E-state index in [2.05, 4.69) is 26.0 Å². The van der Waals surface area contributed by atoms with Crippen LogP contribution in [0.5, 0.6) is 0 Å². The van der Waals surface area contributed by atoms with Crippen LogP contribution in [0.1, 0.15) is 0 Å². The van der Waals surface area contributed by atoms with Crippen LogP contribution in [0.4, 0.5) is 0 Å². The molecule has 5 nitrogen and oxygen atoms in total. The number of likely N-dealkylation sites (N-methyl/N-ethyl adjacent to an activating group) is 1. The van der Waals surface area contributed by atoms with Crippen molar-refractivity contribution in [2.75, 3.05) is 59.4 Å². The Balaban J connectivity index is 1.90. The maximum Gasteiger partial charge on any atom is 0.287 e. The topological polar surface area (TPSA) is 30.0 Å². The van der Waals surface area contributed by atoms with E-state index in [-0.39, 0.29) is 0 Å². The number of nitrogens with zero attached hydrogens (tertiary/aromatic N) is 4. The number of rotatable bonds is 0. The van der Waals surface area contributed by atoms with E-state index in [0.29, 0.717) is 0 Å². The van der Waals surface area contributed by atoms with Gasteiger partial charge >= 0.3 is 0 Å². The number of hydrogen-bond donors (Lipinski definition) is 0. The molecule has 0 aromatic carbocycles. The van der Waals surface area contributed by atoms with Crippen molar-refractivity contribution >= 4 is 7.59 Å². The highest BCUT2D eigenvalue weighted by Gasteiger charge is 2.51. The highest BCUT2D eigenvalue weighted by Crippen LogP contribution is 2.62. The van der Waals surface area contributed by atoms with Crippen LogP contribution >= 0.6 is 7.59 Å². The van der Waals surface area contributed by atoms with Gasteiger partial charge in [0.25, 0.3) is 7.59 Å². The van der Waals surface area contributed by atoms with Crippen LogP contribution in [0.25, 0.3) is 0 Å². The second kappa shape index (κ2) is 3.54. The van der Waals surface area contributed by atoms with Crippen LogP contribution in [-0.2, 0) is 4.57 Å². The quantitative estimate of drug-likeness (QED) is 0.545. The second-order valence-electron chi connectivity index (χ2n) is 4.68. The minimum absolute atomic E-state index is 0.959. The maximum absolute atomic E-state index is 13.0. The molecule has 0 N–H and O–H groups in total. The van der Waals surface area contributed by atoms with Gasteiger partial charge in [-0.25, -0.2) is 14.0 Å². The van der Waals surface area contributed by atoms with Gasteiger partial charge in [-0.15, -0.1) is 0 Å². The van der Waals surface area contributed by atoms with Gasteiger partial charge < -0.3 is 4.90 Å². The molecule has 0 radical (unpaired) electrons. The lowest BCUT2D eigenvalue weighted by Crippen LogP contribution is -2.41. The average Bonchev–Trinajstić information content (AvgIpc) is 2.65. The van der Waals surface area contributed by atoms with E-state index < -0.39 is 7.59 Å². The minimum atomic E-state index is -2.27. The molecule has 3 heterocycles. The van der Waals surface area contributed by atoms with Gasteiger partial charge in [0.2, 0.25) is 0 Å². The van der Waals surface area contributed by atoms with Gasteiger partial charge in [-0.3, -0.25) is 4.57 Å². The Labute approximate surface area is 91.1 Å². The molecular weight excluding hydrogens is 211 g/mol. The molecule has 0 atom stereocenters. The molecule has 3 aliphatic heterocycles. The standard InChI is InChI=1S/C9H19N4OP/c1-10-2-4-11-6-8-13-9-7-12(5-3-10)15(11,13)14/h2-9H2,1H3.